The van der Waals surface area contributed by atoms with Crippen LogP contribution >= 0.6 is 0 Å². The van der Waals surface area contributed by atoms with Gasteiger partial charge in [-0.2, -0.15) is 10.1 Å². The quantitative estimate of drug-likeness (QED) is 0.520. The monoisotopic (exact) mass is 300 g/mol. The SMILES string of the molecule is O=C(c1ccccc1)N(/N=C\c1ccccc1)c1ccccc1. The van der Waals surface area contributed by atoms with E-state index in [0.717, 1.165) is 11.3 Å². The highest BCUT2D eigenvalue weighted by Gasteiger charge is 2.16. The molecule has 0 bridgehead atoms. The van der Waals surface area contributed by atoms with Gasteiger partial charge in [-0.25, -0.2) is 0 Å². The van der Waals surface area contributed by atoms with Crippen LogP contribution in [0.4, 0.5) is 5.69 Å². The summed E-state index contributed by atoms with van der Waals surface area (Å²) in [6.07, 6.45) is 1.69. The number of hydrazone groups is 1. The molecular formula is C20H16N2O. The van der Waals surface area contributed by atoms with E-state index >= 15 is 0 Å². The van der Waals surface area contributed by atoms with Crippen molar-refractivity contribution in [2.24, 2.45) is 5.10 Å². The zero-order valence-electron chi connectivity index (χ0n) is 12.5. The summed E-state index contributed by atoms with van der Waals surface area (Å²) in [5.74, 6) is -0.163. The molecule has 0 aliphatic carbocycles. The zero-order valence-corrected chi connectivity index (χ0v) is 12.5. The van der Waals surface area contributed by atoms with E-state index in [-0.39, 0.29) is 5.91 Å². The van der Waals surface area contributed by atoms with E-state index in [1.807, 2.05) is 78.9 Å². The van der Waals surface area contributed by atoms with E-state index in [0.29, 0.717) is 5.56 Å². The molecule has 0 heterocycles. The maximum atomic E-state index is 12.8. The normalized spacial score (nSPS) is 10.6. The van der Waals surface area contributed by atoms with E-state index in [2.05, 4.69) is 5.10 Å². The smallest absolute Gasteiger partial charge is 0.267 e. The van der Waals surface area contributed by atoms with Gasteiger partial charge in [-0.3, -0.25) is 4.79 Å². The van der Waals surface area contributed by atoms with Gasteiger partial charge >= 0.3 is 0 Å². The molecule has 0 aliphatic rings. The molecule has 3 aromatic rings. The van der Waals surface area contributed by atoms with E-state index in [4.69, 9.17) is 0 Å². The first-order valence-corrected chi connectivity index (χ1v) is 7.38. The Hall–Kier alpha value is -3.20. The maximum absolute atomic E-state index is 12.8. The van der Waals surface area contributed by atoms with Gasteiger partial charge in [0.2, 0.25) is 0 Å². The molecule has 3 aromatic carbocycles. The van der Waals surface area contributed by atoms with Gasteiger partial charge in [-0.15, -0.1) is 0 Å². The second-order valence-corrected chi connectivity index (χ2v) is 4.97. The summed E-state index contributed by atoms with van der Waals surface area (Å²) < 4.78 is 0. The molecule has 0 aliphatic heterocycles. The van der Waals surface area contributed by atoms with Crippen molar-refractivity contribution in [3.8, 4) is 0 Å². The van der Waals surface area contributed by atoms with Crippen LogP contribution in [0.2, 0.25) is 0 Å². The number of hydrogen-bond acceptors (Lipinski definition) is 2. The Balaban J connectivity index is 1.95. The summed E-state index contributed by atoms with van der Waals surface area (Å²) in [5.41, 5.74) is 2.27. The van der Waals surface area contributed by atoms with Crippen LogP contribution < -0.4 is 5.01 Å². The lowest BCUT2D eigenvalue weighted by Gasteiger charge is -2.17. The molecule has 3 rings (SSSR count). The van der Waals surface area contributed by atoms with Crippen LogP contribution in [-0.4, -0.2) is 12.1 Å². The average Bonchev–Trinajstić information content (AvgIpc) is 2.64. The summed E-state index contributed by atoms with van der Waals surface area (Å²) in [5, 5.41) is 5.82. The summed E-state index contributed by atoms with van der Waals surface area (Å²) >= 11 is 0. The van der Waals surface area contributed by atoms with Crippen molar-refractivity contribution in [1.82, 2.24) is 0 Å². The second-order valence-electron chi connectivity index (χ2n) is 4.97. The van der Waals surface area contributed by atoms with Crippen LogP contribution in [0.1, 0.15) is 15.9 Å². The van der Waals surface area contributed by atoms with Crippen LogP contribution in [0.25, 0.3) is 0 Å². The number of carbonyl (C=O) groups excluding carboxylic acids is 1. The molecule has 0 saturated carbocycles. The molecule has 1 amide bonds. The summed E-state index contributed by atoms with van der Waals surface area (Å²) in [7, 11) is 0. The summed E-state index contributed by atoms with van der Waals surface area (Å²) in [4.78, 5) is 12.8. The van der Waals surface area contributed by atoms with E-state index in [9.17, 15) is 4.79 Å². The van der Waals surface area contributed by atoms with Crippen LogP contribution in [0.5, 0.6) is 0 Å². The maximum Gasteiger partial charge on any atom is 0.278 e. The highest BCUT2D eigenvalue weighted by Crippen LogP contribution is 2.17. The summed E-state index contributed by atoms with van der Waals surface area (Å²) in [6, 6.07) is 28.3. The molecule has 0 saturated heterocycles. The van der Waals surface area contributed by atoms with Crippen LogP contribution in [0.3, 0.4) is 0 Å². The summed E-state index contributed by atoms with van der Waals surface area (Å²) in [6.45, 7) is 0. The van der Waals surface area contributed by atoms with Gasteiger partial charge in [0.1, 0.15) is 0 Å². The molecule has 0 atom stereocenters. The molecule has 0 aromatic heterocycles. The van der Waals surface area contributed by atoms with Gasteiger partial charge < -0.3 is 0 Å². The lowest BCUT2D eigenvalue weighted by atomic mass is 10.2. The van der Waals surface area contributed by atoms with Crippen LogP contribution in [0.15, 0.2) is 96.1 Å². The number of para-hydroxylation sites is 1. The van der Waals surface area contributed by atoms with Crippen molar-refractivity contribution in [2.75, 3.05) is 5.01 Å². The standard InChI is InChI=1S/C20H16N2O/c23-20(18-12-6-2-7-13-18)22(19-14-8-3-9-15-19)21-16-17-10-4-1-5-11-17/h1-16H/b21-16-. The highest BCUT2D eigenvalue weighted by atomic mass is 16.2. The van der Waals surface area contributed by atoms with Crippen molar-refractivity contribution < 1.29 is 4.79 Å². The Kier molecular flexibility index (Phi) is 4.60. The van der Waals surface area contributed by atoms with Gasteiger partial charge in [0.25, 0.3) is 5.91 Å². The third-order valence-electron chi connectivity index (χ3n) is 3.34. The van der Waals surface area contributed by atoms with Crippen molar-refractivity contribution in [1.29, 1.82) is 0 Å². The molecule has 23 heavy (non-hydrogen) atoms. The number of amides is 1. The predicted octanol–water partition coefficient (Wildman–Crippen LogP) is 4.37. The molecule has 3 heteroatoms. The topological polar surface area (TPSA) is 32.7 Å². The number of anilines is 1. The molecule has 3 nitrogen and oxygen atoms in total. The molecule has 0 unspecified atom stereocenters. The van der Waals surface area contributed by atoms with E-state index in [1.165, 1.54) is 5.01 Å². The Morgan fingerprint density at radius 3 is 1.87 bits per heavy atom. The first kappa shape index (κ1) is 14.7. The second kappa shape index (κ2) is 7.18. The number of benzene rings is 3. The Morgan fingerprint density at radius 1 is 0.739 bits per heavy atom. The van der Waals surface area contributed by atoms with Crippen LogP contribution in [-0.2, 0) is 0 Å². The fourth-order valence-electron chi connectivity index (χ4n) is 2.17. The van der Waals surface area contributed by atoms with E-state index in [1.54, 1.807) is 18.3 Å². The first-order chi connectivity index (χ1) is 11.3. The van der Waals surface area contributed by atoms with Crippen molar-refractivity contribution >= 4 is 17.8 Å². The Labute approximate surface area is 135 Å². The molecular weight excluding hydrogens is 284 g/mol. The van der Waals surface area contributed by atoms with Gasteiger partial charge in [0.05, 0.1) is 11.9 Å². The van der Waals surface area contributed by atoms with Crippen molar-refractivity contribution in [3.05, 3.63) is 102 Å². The highest BCUT2D eigenvalue weighted by molar-refractivity contribution is 6.06. The van der Waals surface area contributed by atoms with Gasteiger partial charge in [0.15, 0.2) is 0 Å². The lowest BCUT2D eigenvalue weighted by Crippen LogP contribution is -2.25. The Morgan fingerprint density at radius 2 is 1.26 bits per heavy atom. The van der Waals surface area contributed by atoms with Gasteiger partial charge in [0, 0.05) is 5.56 Å². The fraction of sp³-hybridized carbons (Fsp3) is 0. The minimum absolute atomic E-state index is 0.163. The number of hydrogen-bond donors (Lipinski definition) is 0. The average molecular weight is 300 g/mol. The molecule has 0 N–H and O–H groups in total. The zero-order chi connectivity index (χ0) is 15.9. The molecule has 0 radical (unpaired) electrons. The minimum atomic E-state index is -0.163. The third-order valence-corrected chi connectivity index (χ3v) is 3.34. The predicted molar refractivity (Wildman–Crippen MR) is 93.7 cm³/mol. The number of carbonyl (C=O) groups is 1. The van der Waals surface area contributed by atoms with Gasteiger partial charge in [-0.05, 0) is 29.8 Å². The first-order valence-electron chi connectivity index (χ1n) is 7.38. The Bertz CT molecular complexity index is 784. The van der Waals surface area contributed by atoms with Crippen LogP contribution in [0, 0.1) is 0 Å². The number of nitrogens with zero attached hydrogens (tertiary/aromatic N) is 2. The van der Waals surface area contributed by atoms with Crippen molar-refractivity contribution in [2.45, 2.75) is 0 Å². The van der Waals surface area contributed by atoms with Gasteiger partial charge in [-0.1, -0.05) is 66.7 Å². The minimum Gasteiger partial charge on any atom is -0.267 e. The van der Waals surface area contributed by atoms with Crippen molar-refractivity contribution in [3.63, 3.8) is 0 Å². The fourth-order valence-corrected chi connectivity index (χ4v) is 2.17. The molecule has 0 spiro atoms. The molecule has 0 fully saturated rings. The lowest BCUT2D eigenvalue weighted by molar-refractivity contribution is 0.0988. The molecule has 112 valence electrons. The largest absolute Gasteiger partial charge is 0.278 e. The third kappa shape index (κ3) is 3.71. The van der Waals surface area contributed by atoms with E-state index < -0.39 is 0 Å². The number of rotatable bonds is 4.